The van der Waals surface area contributed by atoms with E-state index in [9.17, 15) is 18.0 Å². The lowest BCUT2D eigenvalue weighted by atomic mass is 10.00. The van der Waals surface area contributed by atoms with Crippen LogP contribution in [0.5, 0.6) is 0 Å². The summed E-state index contributed by atoms with van der Waals surface area (Å²) in [4.78, 5) is 12.6. The molecule has 4 rings (SSSR count). The Kier molecular flexibility index (Phi) is 4.11. The van der Waals surface area contributed by atoms with E-state index in [-0.39, 0.29) is 10.5 Å². The van der Waals surface area contributed by atoms with Crippen molar-refractivity contribution in [2.45, 2.75) is 6.18 Å². The number of rotatable bonds is 2. The Balaban J connectivity index is 2.17. The molecular weight excluding hydrogens is 393 g/mol. The number of hydrogen-bond donors (Lipinski definition) is 1. The summed E-state index contributed by atoms with van der Waals surface area (Å²) < 4.78 is 42.4. The molecule has 0 unspecified atom stereocenters. The number of halogens is 4. The third-order valence-electron chi connectivity index (χ3n) is 4.68. The number of fused-ring (bicyclic) bond motifs is 2. The van der Waals surface area contributed by atoms with Crippen LogP contribution in [0, 0.1) is 0 Å². The fraction of sp³-hybridized carbons (Fsp3) is 0.158. The van der Waals surface area contributed by atoms with Gasteiger partial charge < -0.3 is 9.88 Å². The molecule has 0 amide bonds. The first-order valence-electron chi connectivity index (χ1n) is 8.29. The van der Waals surface area contributed by atoms with Crippen LogP contribution in [-0.2, 0) is 13.2 Å². The van der Waals surface area contributed by atoms with Crippen molar-refractivity contribution in [1.29, 1.82) is 0 Å². The number of aryl methyl sites for hydroxylation is 1. The van der Waals surface area contributed by atoms with E-state index in [0.29, 0.717) is 27.8 Å². The Bertz CT molecular complexity index is 1290. The van der Waals surface area contributed by atoms with Crippen molar-refractivity contribution in [3.05, 3.63) is 63.5 Å². The molecule has 0 atom stereocenters. The van der Waals surface area contributed by atoms with Crippen LogP contribution in [0.2, 0.25) is 5.02 Å². The number of para-hydroxylation sites is 1. The number of aromatic nitrogens is 3. The summed E-state index contributed by atoms with van der Waals surface area (Å²) in [7, 11) is 3.19. The van der Waals surface area contributed by atoms with E-state index >= 15 is 0 Å². The second-order valence-corrected chi connectivity index (χ2v) is 6.65. The lowest BCUT2D eigenvalue weighted by Gasteiger charge is -2.14. The van der Waals surface area contributed by atoms with Gasteiger partial charge in [-0.15, -0.1) is 0 Å². The van der Waals surface area contributed by atoms with Gasteiger partial charge in [0.25, 0.3) is 5.56 Å². The van der Waals surface area contributed by atoms with Crippen LogP contribution >= 0.6 is 11.6 Å². The second-order valence-electron chi connectivity index (χ2n) is 6.28. The molecule has 28 heavy (non-hydrogen) atoms. The van der Waals surface area contributed by atoms with Crippen LogP contribution in [0.4, 0.5) is 19.0 Å². The largest absolute Gasteiger partial charge is 0.435 e. The van der Waals surface area contributed by atoms with Crippen molar-refractivity contribution in [3.8, 4) is 11.1 Å². The first kappa shape index (κ1) is 18.4. The van der Waals surface area contributed by atoms with Gasteiger partial charge in [0.15, 0.2) is 5.69 Å². The molecule has 1 N–H and O–H groups in total. The molecule has 1 aromatic carbocycles. The molecule has 5 nitrogen and oxygen atoms in total. The highest BCUT2D eigenvalue weighted by Gasteiger charge is 2.35. The summed E-state index contributed by atoms with van der Waals surface area (Å²) in [5, 5.41) is 7.11. The number of nitrogens with zero attached hydrogens (tertiary/aromatic N) is 3. The van der Waals surface area contributed by atoms with Crippen LogP contribution in [-0.4, -0.2) is 21.2 Å². The van der Waals surface area contributed by atoms with Gasteiger partial charge in [-0.2, -0.15) is 18.3 Å². The maximum atomic E-state index is 13.3. The van der Waals surface area contributed by atoms with Crippen molar-refractivity contribution < 1.29 is 13.2 Å². The lowest BCUT2D eigenvalue weighted by molar-refractivity contribution is -0.141. The molecule has 0 aliphatic heterocycles. The zero-order valence-electron chi connectivity index (χ0n) is 14.8. The number of anilines is 1. The highest BCUT2D eigenvalue weighted by Crippen LogP contribution is 2.38. The van der Waals surface area contributed by atoms with Crippen LogP contribution in [0.25, 0.3) is 27.5 Å². The third-order valence-corrected chi connectivity index (χ3v) is 5.03. The van der Waals surface area contributed by atoms with Gasteiger partial charge in [0.05, 0.1) is 11.0 Å². The topological polar surface area (TPSA) is 51.3 Å². The van der Waals surface area contributed by atoms with Gasteiger partial charge in [-0.1, -0.05) is 29.8 Å². The van der Waals surface area contributed by atoms with Gasteiger partial charge in [-0.05, 0) is 24.3 Å². The molecule has 9 heteroatoms. The van der Waals surface area contributed by atoms with Gasteiger partial charge >= 0.3 is 6.18 Å². The van der Waals surface area contributed by atoms with Crippen LogP contribution in [0.15, 0.2) is 47.3 Å². The number of pyridine rings is 2. The number of hydrogen-bond acceptors (Lipinski definition) is 3. The first-order valence-corrected chi connectivity index (χ1v) is 8.67. The summed E-state index contributed by atoms with van der Waals surface area (Å²) >= 11 is 6.38. The fourth-order valence-corrected chi connectivity index (χ4v) is 3.67. The van der Waals surface area contributed by atoms with E-state index in [0.717, 1.165) is 6.07 Å². The summed E-state index contributed by atoms with van der Waals surface area (Å²) in [6.07, 6.45) is -4.60. The molecule has 0 saturated carbocycles. The Morgan fingerprint density at radius 2 is 1.82 bits per heavy atom. The van der Waals surface area contributed by atoms with Gasteiger partial charge in [-0.3, -0.25) is 4.79 Å². The molecule has 3 aromatic heterocycles. The standard InChI is InChI=1S/C19H14ClF3N4O/c1-24-15-8-7-11(13-9-14(19(21,22)23)25-27(13)15)16-10-5-3-4-6-12(10)26(2)18(28)17(16)20/h3-9,24H,1-2H3. The quantitative estimate of drug-likeness (QED) is 0.530. The van der Waals surface area contributed by atoms with E-state index in [1.54, 1.807) is 50.5 Å². The van der Waals surface area contributed by atoms with Crippen LogP contribution in [0.3, 0.4) is 0 Å². The lowest BCUT2D eigenvalue weighted by Crippen LogP contribution is -2.18. The van der Waals surface area contributed by atoms with Crippen molar-refractivity contribution in [1.82, 2.24) is 14.2 Å². The molecule has 0 bridgehead atoms. The van der Waals surface area contributed by atoms with Crippen molar-refractivity contribution >= 4 is 33.8 Å². The summed E-state index contributed by atoms with van der Waals surface area (Å²) in [5.74, 6) is 0.374. The smallest absolute Gasteiger partial charge is 0.373 e. The highest BCUT2D eigenvalue weighted by atomic mass is 35.5. The molecule has 3 heterocycles. The normalized spacial score (nSPS) is 12.1. The molecule has 0 aliphatic rings. The maximum absolute atomic E-state index is 13.3. The van der Waals surface area contributed by atoms with Crippen LogP contribution in [0.1, 0.15) is 5.69 Å². The molecule has 0 saturated heterocycles. The average Bonchev–Trinajstić information content (AvgIpc) is 3.12. The van der Waals surface area contributed by atoms with E-state index in [1.165, 1.54) is 9.08 Å². The van der Waals surface area contributed by atoms with Gasteiger partial charge in [-0.25, -0.2) is 4.52 Å². The summed E-state index contributed by atoms with van der Waals surface area (Å²) in [6.45, 7) is 0. The molecule has 144 valence electrons. The summed E-state index contributed by atoms with van der Waals surface area (Å²) in [5.41, 5.74) is 0.128. The Morgan fingerprint density at radius 3 is 2.50 bits per heavy atom. The van der Waals surface area contributed by atoms with Crippen LogP contribution < -0.4 is 10.9 Å². The first-order chi connectivity index (χ1) is 13.2. The maximum Gasteiger partial charge on any atom is 0.435 e. The second kappa shape index (κ2) is 6.27. The number of nitrogens with one attached hydrogen (secondary N) is 1. The fourth-order valence-electron chi connectivity index (χ4n) is 3.34. The minimum Gasteiger partial charge on any atom is -0.373 e. The zero-order valence-corrected chi connectivity index (χ0v) is 15.6. The Labute approximate surface area is 162 Å². The predicted molar refractivity (Wildman–Crippen MR) is 103 cm³/mol. The molecule has 0 radical (unpaired) electrons. The van der Waals surface area contributed by atoms with E-state index in [1.807, 2.05) is 0 Å². The minimum atomic E-state index is -4.60. The molecule has 0 fully saturated rings. The number of alkyl halides is 3. The SMILES string of the molecule is CNc1ccc(-c2c(Cl)c(=O)n(C)c3ccccc23)c2cc(C(F)(F)F)nn12. The minimum absolute atomic E-state index is 0.0601. The van der Waals surface area contributed by atoms with E-state index < -0.39 is 17.4 Å². The van der Waals surface area contributed by atoms with Crippen molar-refractivity contribution in [3.63, 3.8) is 0 Å². The molecule has 4 aromatic rings. The average molecular weight is 407 g/mol. The van der Waals surface area contributed by atoms with Crippen molar-refractivity contribution in [2.24, 2.45) is 7.05 Å². The highest BCUT2D eigenvalue weighted by molar-refractivity contribution is 6.35. The van der Waals surface area contributed by atoms with Gasteiger partial charge in [0.1, 0.15) is 10.8 Å². The number of benzene rings is 1. The Hall–Kier alpha value is -3.00. The molecule has 0 aliphatic carbocycles. The third kappa shape index (κ3) is 2.63. The Morgan fingerprint density at radius 1 is 1.11 bits per heavy atom. The molecule has 0 spiro atoms. The van der Waals surface area contributed by atoms with Crippen molar-refractivity contribution in [2.75, 3.05) is 12.4 Å². The summed E-state index contributed by atoms with van der Waals surface area (Å²) in [6, 6.07) is 11.3. The zero-order chi connectivity index (χ0) is 20.2. The predicted octanol–water partition coefficient (Wildman–Crippen LogP) is 4.57. The monoisotopic (exact) mass is 406 g/mol. The van der Waals surface area contributed by atoms with E-state index in [2.05, 4.69) is 10.4 Å². The van der Waals surface area contributed by atoms with Gasteiger partial charge in [0.2, 0.25) is 0 Å². The molecular formula is C19H14ClF3N4O. The van der Waals surface area contributed by atoms with E-state index in [4.69, 9.17) is 11.6 Å². The van der Waals surface area contributed by atoms with Gasteiger partial charge in [0, 0.05) is 30.6 Å².